The van der Waals surface area contributed by atoms with Crippen LogP contribution >= 0.6 is 0 Å². The summed E-state index contributed by atoms with van der Waals surface area (Å²) in [5, 5.41) is 2.93. The molecule has 0 spiro atoms. The second-order valence-electron chi connectivity index (χ2n) is 5.13. The normalized spacial score (nSPS) is 18.5. The highest BCUT2D eigenvalue weighted by molar-refractivity contribution is 6.00. The molecule has 2 rings (SSSR count). The lowest BCUT2D eigenvalue weighted by Crippen LogP contribution is -2.40. The van der Waals surface area contributed by atoms with Gasteiger partial charge >= 0.3 is 0 Å². The number of hydrogen-bond acceptors (Lipinski definition) is 3. The van der Waals surface area contributed by atoms with Crippen LogP contribution < -0.4 is 16.2 Å². The average molecular weight is 261 g/mol. The second-order valence-corrected chi connectivity index (χ2v) is 5.13. The molecule has 0 bridgehead atoms. The Bertz CT molecular complexity index is 511. The maximum Gasteiger partial charge on any atom is 0.243 e. The van der Waals surface area contributed by atoms with E-state index in [0.717, 1.165) is 16.8 Å². The van der Waals surface area contributed by atoms with E-state index in [9.17, 15) is 9.59 Å². The molecule has 1 atom stereocenters. The van der Waals surface area contributed by atoms with Gasteiger partial charge in [-0.1, -0.05) is 32.0 Å². The SMILES string of the molecule is Cc1cccc(C(C)C)c1NC(=O)C1CC(=O)NN1. The summed E-state index contributed by atoms with van der Waals surface area (Å²) >= 11 is 0. The minimum atomic E-state index is -0.507. The largest absolute Gasteiger partial charge is 0.324 e. The Hall–Kier alpha value is -1.88. The lowest BCUT2D eigenvalue weighted by molar-refractivity contribution is -0.121. The fourth-order valence-electron chi connectivity index (χ4n) is 2.17. The van der Waals surface area contributed by atoms with Crippen LogP contribution in [0.4, 0.5) is 5.69 Å². The van der Waals surface area contributed by atoms with Crippen LogP contribution in [0.3, 0.4) is 0 Å². The quantitative estimate of drug-likeness (QED) is 0.771. The van der Waals surface area contributed by atoms with Gasteiger partial charge in [-0.3, -0.25) is 15.0 Å². The third-order valence-corrected chi connectivity index (χ3v) is 3.27. The number of rotatable bonds is 3. The van der Waals surface area contributed by atoms with Crippen molar-refractivity contribution < 1.29 is 9.59 Å². The first-order chi connectivity index (χ1) is 8.99. The fraction of sp³-hybridized carbons (Fsp3) is 0.429. The van der Waals surface area contributed by atoms with Gasteiger partial charge in [-0.05, 0) is 24.0 Å². The molecule has 3 N–H and O–H groups in total. The van der Waals surface area contributed by atoms with Crippen LogP contribution in [0.15, 0.2) is 18.2 Å². The van der Waals surface area contributed by atoms with Crippen molar-refractivity contribution in [3.63, 3.8) is 0 Å². The monoisotopic (exact) mass is 261 g/mol. The van der Waals surface area contributed by atoms with Crippen molar-refractivity contribution in [1.82, 2.24) is 10.9 Å². The molecule has 1 aliphatic rings. The van der Waals surface area contributed by atoms with Crippen LogP contribution in [0, 0.1) is 6.92 Å². The van der Waals surface area contributed by atoms with Crippen molar-refractivity contribution >= 4 is 17.5 Å². The summed E-state index contributed by atoms with van der Waals surface area (Å²) in [5.74, 6) is -0.0185. The number of para-hydroxylation sites is 1. The maximum atomic E-state index is 12.1. The number of anilines is 1. The van der Waals surface area contributed by atoms with E-state index in [1.54, 1.807) is 0 Å². The number of carbonyl (C=O) groups excluding carboxylic acids is 2. The predicted octanol–water partition coefficient (Wildman–Crippen LogP) is 1.45. The molecule has 1 fully saturated rings. The van der Waals surface area contributed by atoms with Crippen molar-refractivity contribution in [3.8, 4) is 0 Å². The molecule has 1 aromatic rings. The van der Waals surface area contributed by atoms with Crippen molar-refractivity contribution in [2.75, 3.05) is 5.32 Å². The number of hydrogen-bond donors (Lipinski definition) is 3. The lowest BCUT2D eigenvalue weighted by Gasteiger charge is -2.18. The molecule has 1 unspecified atom stereocenters. The number of amides is 2. The summed E-state index contributed by atoms with van der Waals surface area (Å²) in [6.07, 6.45) is 0.175. The first kappa shape index (κ1) is 13.5. The van der Waals surface area contributed by atoms with Gasteiger partial charge in [-0.2, -0.15) is 0 Å². The van der Waals surface area contributed by atoms with Gasteiger partial charge in [-0.15, -0.1) is 0 Å². The summed E-state index contributed by atoms with van der Waals surface area (Å²) in [5.41, 5.74) is 8.10. The zero-order valence-corrected chi connectivity index (χ0v) is 11.4. The van der Waals surface area contributed by atoms with Gasteiger partial charge in [0.2, 0.25) is 11.8 Å². The maximum absolute atomic E-state index is 12.1. The molecule has 1 heterocycles. The molecular weight excluding hydrogens is 242 g/mol. The molecule has 1 aromatic carbocycles. The molecule has 1 aliphatic heterocycles. The first-order valence-electron chi connectivity index (χ1n) is 6.43. The summed E-state index contributed by atoms with van der Waals surface area (Å²) in [7, 11) is 0. The highest BCUT2D eigenvalue weighted by atomic mass is 16.2. The van der Waals surface area contributed by atoms with Gasteiger partial charge in [-0.25, -0.2) is 5.43 Å². The van der Waals surface area contributed by atoms with E-state index in [1.807, 2.05) is 25.1 Å². The molecule has 5 heteroatoms. The third kappa shape index (κ3) is 2.93. The second kappa shape index (κ2) is 5.40. The molecule has 102 valence electrons. The van der Waals surface area contributed by atoms with Crippen molar-refractivity contribution in [2.45, 2.75) is 39.2 Å². The number of benzene rings is 1. The van der Waals surface area contributed by atoms with Gasteiger partial charge in [0, 0.05) is 5.69 Å². The highest BCUT2D eigenvalue weighted by Crippen LogP contribution is 2.27. The van der Waals surface area contributed by atoms with Crippen LogP contribution in [0.2, 0.25) is 0 Å². The minimum absolute atomic E-state index is 0.158. The molecule has 1 saturated heterocycles. The third-order valence-electron chi connectivity index (χ3n) is 3.27. The van der Waals surface area contributed by atoms with Crippen molar-refractivity contribution in [2.24, 2.45) is 0 Å². The Kier molecular flexibility index (Phi) is 3.85. The topological polar surface area (TPSA) is 70.2 Å². The molecule has 0 radical (unpaired) electrons. The van der Waals surface area contributed by atoms with Crippen LogP contribution in [0.5, 0.6) is 0 Å². The summed E-state index contributed by atoms with van der Waals surface area (Å²) in [6.45, 7) is 6.14. The predicted molar refractivity (Wildman–Crippen MR) is 73.6 cm³/mol. The molecule has 0 aliphatic carbocycles. The standard InChI is InChI=1S/C14H19N3O2/c1-8(2)10-6-4-5-9(3)13(10)15-14(19)11-7-12(18)17-16-11/h4-6,8,11,16H,7H2,1-3H3,(H,15,19)(H,17,18). The van der Waals surface area contributed by atoms with Crippen LogP contribution in [-0.2, 0) is 9.59 Å². The Morgan fingerprint density at radius 3 is 2.74 bits per heavy atom. The Morgan fingerprint density at radius 2 is 2.16 bits per heavy atom. The summed E-state index contributed by atoms with van der Waals surface area (Å²) < 4.78 is 0. The summed E-state index contributed by atoms with van der Waals surface area (Å²) in [4.78, 5) is 23.2. The zero-order valence-electron chi connectivity index (χ0n) is 11.4. The van der Waals surface area contributed by atoms with E-state index in [-0.39, 0.29) is 18.2 Å². The van der Waals surface area contributed by atoms with Gasteiger partial charge in [0.25, 0.3) is 0 Å². The van der Waals surface area contributed by atoms with E-state index in [2.05, 4.69) is 30.0 Å². The van der Waals surface area contributed by atoms with Crippen LogP contribution in [-0.4, -0.2) is 17.9 Å². The van der Waals surface area contributed by atoms with E-state index in [4.69, 9.17) is 0 Å². The van der Waals surface area contributed by atoms with E-state index in [0.29, 0.717) is 5.92 Å². The smallest absolute Gasteiger partial charge is 0.243 e. The van der Waals surface area contributed by atoms with Gasteiger partial charge < -0.3 is 5.32 Å². The van der Waals surface area contributed by atoms with E-state index < -0.39 is 6.04 Å². The lowest BCUT2D eigenvalue weighted by atomic mass is 9.98. The Labute approximate surface area is 112 Å². The van der Waals surface area contributed by atoms with Crippen molar-refractivity contribution in [1.29, 1.82) is 0 Å². The Morgan fingerprint density at radius 1 is 1.42 bits per heavy atom. The number of nitrogens with one attached hydrogen (secondary N) is 3. The number of hydrazine groups is 1. The first-order valence-corrected chi connectivity index (χ1v) is 6.43. The molecule has 0 saturated carbocycles. The Balaban J connectivity index is 2.19. The van der Waals surface area contributed by atoms with Gasteiger partial charge in [0.05, 0.1) is 6.42 Å². The molecule has 0 aromatic heterocycles. The molecule has 2 amide bonds. The average Bonchev–Trinajstić information content (AvgIpc) is 2.78. The van der Waals surface area contributed by atoms with Gasteiger partial charge in [0.1, 0.15) is 6.04 Å². The van der Waals surface area contributed by atoms with Crippen LogP contribution in [0.1, 0.15) is 37.3 Å². The number of aryl methyl sites for hydroxylation is 1. The molecule has 5 nitrogen and oxygen atoms in total. The minimum Gasteiger partial charge on any atom is -0.324 e. The van der Waals surface area contributed by atoms with E-state index >= 15 is 0 Å². The van der Waals surface area contributed by atoms with Crippen LogP contribution in [0.25, 0.3) is 0 Å². The summed E-state index contributed by atoms with van der Waals surface area (Å²) in [6, 6.07) is 5.46. The fourth-order valence-corrected chi connectivity index (χ4v) is 2.17. The highest BCUT2D eigenvalue weighted by Gasteiger charge is 2.28. The van der Waals surface area contributed by atoms with E-state index in [1.165, 1.54) is 0 Å². The molecular formula is C14H19N3O2. The zero-order chi connectivity index (χ0) is 14.0. The van der Waals surface area contributed by atoms with Crippen molar-refractivity contribution in [3.05, 3.63) is 29.3 Å². The molecule has 19 heavy (non-hydrogen) atoms. The number of carbonyl (C=O) groups is 2. The van der Waals surface area contributed by atoms with Gasteiger partial charge in [0.15, 0.2) is 0 Å².